The van der Waals surface area contributed by atoms with Crippen molar-refractivity contribution in [2.45, 2.75) is 32.9 Å². The number of nitrogens with one attached hydrogen (secondary N) is 2. The van der Waals surface area contributed by atoms with E-state index in [1.807, 2.05) is 75.0 Å². The maximum absolute atomic E-state index is 13.1. The number of carbonyl (C=O) groups is 3. The Bertz CT molecular complexity index is 1320. The number of benzene rings is 2. The fourth-order valence-corrected chi connectivity index (χ4v) is 4.90. The van der Waals surface area contributed by atoms with Gasteiger partial charge in [-0.25, -0.2) is 4.79 Å². The first kappa shape index (κ1) is 20.9. The summed E-state index contributed by atoms with van der Waals surface area (Å²) in [6, 6.07) is 12.7. The van der Waals surface area contributed by atoms with E-state index >= 15 is 0 Å². The molecule has 3 aromatic rings. The number of imide groups is 1. The minimum Gasteiger partial charge on any atom is -0.331 e. The summed E-state index contributed by atoms with van der Waals surface area (Å²) < 4.78 is 1.84. The third kappa shape index (κ3) is 3.21. The Balaban J connectivity index is 1.51. The average molecular weight is 444 g/mol. The minimum absolute atomic E-state index is 0.0431. The van der Waals surface area contributed by atoms with E-state index in [1.165, 1.54) is 0 Å². The molecule has 33 heavy (non-hydrogen) atoms. The van der Waals surface area contributed by atoms with Crippen LogP contribution in [0.5, 0.6) is 0 Å². The Morgan fingerprint density at radius 2 is 1.76 bits per heavy atom. The standard InChI is InChI=1S/C25H25N5O3/c1-14-5-6-18-12-30(22(31)20(18)11-14)13-25(23(32)26-24(33)27-25)19-9-7-17(8-10-19)21-15(2)28-29(4)16(21)3/h5-11H,12-13H2,1-4H3,(H2,26,27,32,33)/t25-/m0/s1. The van der Waals surface area contributed by atoms with Crippen LogP contribution in [0.3, 0.4) is 0 Å². The molecule has 0 unspecified atom stereocenters. The topological polar surface area (TPSA) is 96.3 Å². The zero-order chi connectivity index (χ0) is 23.5. The number of aryl methyl sites for hydroxylation is 3. The quantitative estimate of drug-likeness (QED) is 0.606. The fourth-order valence-electron chi connectivity index (χ4n) is 4.90. The number of rotatable bonds is 4. The van der Waals surface area contributed by atoms with Crippen molar-refractivity contribution >= 4 is 17.8 Å². The second-order valence-corrected chi connectivity index (χ2v) is 8.88. The second-order valence-electron chi connectivity index (χ2n) is 8.88. The van der Waals surface area contributed by atoms with Crippen LogP contribution in [0.15, 0.2) is 42.5 Å². The van der Waals surface area contributed by atoms with Gasteiger partial charge in [0.25, 0.3) is 11.8 Å². The highest BCUT2D eigenvalue weighted by Crippen LogP contribution is 2.33. The molecule has 2 aliphatic heterocycles. The van der Waals surface area contributed by atoms with Gasteiger partial charge in [0, 0.05) is 30.4 Å². The van der Waals surface area contributed by atoms with Crippen molar-refractivity contribution in [1.29, 1.82) is 0 Å². The zero-order valence-corrected chi connectivity index (χ0v) is 19.0. The van der Waals surface area contributed by atoms with Crippen LogP contribution in [0, 0.1) is 20.8 Å². The zero-order valence-electron chi connectivity index (χ0n) is 19.0. The van der Waals surface area contributed by atoms with Gasteiger partial charge in [0.2, 0.25) is 0 Å². The molecule has 0 spiro atoms. The Hall–Kier alpha value is -3.94. The highest BCUT2D eigenvalue weighted by Gasteiger charge is 2.50. The number of aromatic nitrogens is 2. The highest BCUT2D eigenvalue weighted by molar-refractivity contribution is 6.08. The molecule has 2 N–H and O–H groups in total. The first-order chi connectivity index (χ1) is 15.7. The first-order valence-electron chi connectivity index (χ1n) is 10.8. The van der Waals surface area contributed by atoms with Crippen molar-refractivity contribution in [1.82, 2.24) is 25.3 Å². The van der Waals surface area contributed by atoms with Gasteiger partial charge in [0.05, 0.1) is 12.2 Å². The summed E-state index contributed by atoms with van der Waals surface area (Å²) in [4.78, 5) is 39.9. The lowest BCUT2D eigenvalue weighted by atomic mass is 9.88. The number of hydrogen-bond acceptors (Lipinski definition) is 4. The molecule has 2 aromatic carbocycles. The second kappa shape index (κ2) is 7.30. The van der Waals surface area contributed by atoms with Crippen LogP contribution in [-0.2, 0) is 23.9 Å². The largest absolute Gasteiger partial charge is 0.331 e. The van der Waals surface area contributed by atoms with Crippen molar-refractivity contribution in [3.05, 3.63) is 76.1 Å². The number of hydrogen-bond donors (Lipinski definition) is 2. The van der Waals surface area contributed by atoms with Crippen LogP contribution in [-0.4, -0.2) is 39.1 Å². The molecule has 8 heteroatoms. The molecule has 8 nitrogen and oxygen atoms in total. The van der Waals surface area contributed by atoms with Gasteiger partial charge in [-0.05, 0) is 43.5 Å². The van der Waals surface area contributed by atoms with Gasteiger partial charge in [0.15, 0.2) is 5.54 Å². The van der Waals surface area contributed by atoms with Crippen LogP contribution in [0.4, 0.5) is 4.79 Å². The van der Waals surface area contributed by atoms with Crippen molar-refractivity contribution < 1.29 is 14.4 Å². The third-order valence-electron chi connectivity index (χ3n) is 6.69. The van der Waals surface area contributed by atoms with Gasteiger partial charge < -0.3 is 10.2 Å². The van der Waals surface area contributed by atoms with Gasteiger partial charge in [-0.3, -0.25) is 19.6 Å². The molecule has 2 aliphatic rings. The summed E-state index contributed by atoms with van der Waals surface area (Å²) in [6.07, 6.45) is 0. The van der Waals surface area contributed by atoms with Crippen LogP contribution >= 0.6 is 0 Å². The van der Waals surface area contributed by atoms with Gasteiger partial charge >= 0.3 is 6.03 Å². The minimum atomic E-state index is -1.36. The molecular formula is C25H25N5O3. The third-order valence-corrected chi connectivity index (χ3v) is 6.69. The number of fused-ring (bicyclic) bond motifs is 1. The molecule has 0 aliphatic carbocycles. The van der Waals surface area contributed by atoms with E-state index in [2.05, 4.69) is 15.7 Å². The van der Waals surface area contributed by atoms with E-state index in [0.29, 0.717) is 17.7 Å². The Labute approximate surface area is 191 Å². The van der Waals surface area contributed by atoms with Crippen molar-refractivity contribution in [3.63, 3.8) is 0 Å². The van der Waals surface area contributed by atoms with E-state index in [-0.39, 0.29) is 12.5 Å². The molecule has 4 amide bonds. The Morgan fingerprint density at radius 1 is 1.03 bits per heavy atom. The molecule has 5 rings (SSSR count). The number of nitrogens with zero attached hydrogens (tertiary/aromatic N) is 3. The first-order valence-corrected chi connectivity index (χ1v) is 10.8. The molecule has 168 valence electrons. The van der Waals surface area contributed by atoms with Crippen LogP contribution < -0.4 is 10.6 Å². The molecular weight excluding hydrogens is 418 g/mol. The maximum atomic E-state index is 13.1. The molecule has 1 saturated heterocycles. The molecule has 0 radical (unpaired) electrons. The predicted molar refractivity (Wildman–Crippen MR) is 122 cm³/mol. The monoisotopic (exact) mass is 443 g/mol. The summed E-state index contributed by atoms with van der Waals surface area (Å²) in [5, 5.41) is 9.62. The summed E-state index contributed by atoms with van der Waals surface area (Å²) in [5.74, 6) is -0.603. The van der Waals surface area contributed by atoms with E-state index in [0.717, 1.165) is 33.6 Å². The lowest BCUT2D eigenvalue weighted by Crippen LogP contribution is -2.52. The molecule has 0 bridgehead atoms. The smallest absolute Gasteiger partial charge is 0.322 e. The number of urea groups is 1. The average Bonchev–Trinajstić information content (AvgIpc) is 3.33. The van der Waals surface area contributed by atoms with Gasteiger partial charge in [-0.1, -0.05) is 42.0 Å². The summed E-state index contributed by atoms with van der Waals surface area (Å²) in [6.45, 7) is 6.34. The van der Waals surface area contributed by atoms with Crippen molar-refractivity contribution in [3.8, 4) is 11.1 Å². The Kier molecular flexibility index (Phi) is 4.63. The summed E-state index contributed by atoms with van der Waals surface area (Å²) in [7, 11) is 1.90. The lowest BCUT2D eigenvalue weighted by Gasteiger charge is -2.31. The number of carbonyl (C=O) groups excluding carboxylic acids is 3. The maximum Gasteiger partial charge on any atom is 0.322 e. The molecule has 3 heterocycles. The number of amides is 4. The molecule has 0 saturated carbocycles. The van der Waals surface area contributed by atoms with Crippen LogP contribution in [0.25, 0.3) is 11.1 Å². The van der Waals surface area contributed by atoms with E-state index in [9.17, 15) is 14.4 Å². The van der Waals surface area contributed by atoms with Gasteiger partial charge in [-0.2, -0.15) is 5.10 Å². The highest BCUT2D eigenvalue weighted by atomic mass is 16.2. The Morgan fingerprint density at radius 3 is 2.36 bits per heavy atom. The van der Waals surface area contributed by atoms with Crippen LogP contribution in [0.1, 0.15) is 38.4 Å². The van der Waals surface area contributed by atoms with E-state index in [4.69, 9.17) is 0 Å². The summed E-state index contributed by atoms with van der Waals surface area (Å²) >= 11 is 0. The lowest BCUT2D eigenvalue weighted by molar-refractivity contribution is -0.124. The molecule has 1 aromatic heterocycles. The van der Waals surface area contributed by atoms with Crippen LogP contribution in [0.2, 0.25) is 0 Å². The normalized spacial score (nSPS) is 19.6. The van der Waals surface area contributed by atoms with E-state index < -0.39 is 17.5 Å². The predicted octanol–water partition coefficient (Wildman–Crippen LogP) is 2.70. The van der Waals surface area contributed by atoms with Gasteiger partial charge in [-0.15, -0.1) is 0 Å². The molecule has 1 atom stereocenters. The molecule has 1 fully saturated rings. The van der Waals surface area contributed by atoms with E-state index in [1.54, 1.807) is 4.90 Å². The van der Waals surface area contributed by atoms with Gasteiger partial charge in [0.1, 0.15) is 0 Å². The van der Waals surface area contributed by atoms with Crippen molar-refractivity contribution in [2.24, 2.45) is 7.05 Å². The van der Waals surface area contributed by atoms with Crippen molar-refractivity contribution in [2.75, 3.05) is 6.54 Å². The summed E-state index contributed by atoms with van der Waals surface area (Å²) in [5.41, 5.74) is 5.80. The SMILES string of the molecule is Cc1ccc2c(c1)C(=O)N(C[C@@]1(c3ccc(-c4c(C)nn(C)c4C)cc3)NC(=O)NC1=O)C2. The fraction of sp³-hybridized carbons (Fsp3) is 0.280.